The number of nitrogens with one attached hydrogen (secondary N) is 2. The smallest absolute Gasteiger partial charge is 0.243 e. The Hall–Kier alpha value is -1.14. The third-order valence-corrected chi connectivity index (χ3v) is 4.07. The van der Waals surface area contributed by atoms with Gasteiger partial charge in [0.1, 0.15) is 6.04 Å². The minimum absolute atomic E-state index is 0.0641. The summed E-state index contributed by atoms with van der Waals surface area (Å²) in [5.41, 5.74) is 0. The zero-order chi connectivity index (χ0) is 14.4. The molecule has 0 aliphatic carbocycles. The van der Waals surface area contributed by atoms with Crippen LogP contribution < -0.4 is 10.6 Å². The molecular formula is C14H25N3O3. The summed E-state index contributed by atoms with van der Waals surface area (Å²) in [5, 5.41) is 5.79. The van der Waals surface area contributed by atoms with Crippen molar-refractivity contribution in [3.05, 3.63) is 0 Å². The molecule has 114 valence electrons. The van der Waals surface area contributed by atoms with Crippen LogP contribution in [0.15, 0.2) is 0 Å². The molecule has 2 aliphatic heterocycles. The number of amides is 2. The van der Waals surface area contributed by atoms with E-state index in [0.717, 1.165) is 32.4 Å². The molecule has 2 aliphatic rings. The Bertz CT molecular complexity index is 343. The monoisotopic (exact) mass is 283 g/mol. The highest BCUT2D eigenvalue weighted by molar-refractivity contribution is 5.88. The fourth-order valence-corrected chi connectivity index (χ4v) is 2.87. The molecular weight excluding hydrogens is 258 g/mol. The second kappa shape index (κ2) is 7.59. The van der Waals surface area contributed by atoms with Gasteiger partial charge in [0.15, 0.2) is 0 Å². The second-order valence-electron chi connectivity index (χ2n) is 5.45. The Morgan fingerprint density at radius 3 is 2.95 bits per heavy atom. The van der Waals surface area contributed by atoms with Gasteiger partial charge in [0.05, 0.1) is 6.10 Å². The first-order valence-electron chi connectivity index (χ1n) is 7.55. The van der Waals surface area contributed by atoms with Gasteiger partial charge in [-0.3, -0.25) is 9.59 Å². The van der Waals surface area contributed by atoms with Gasteiger partial charge in [-0.1, -0.05) is 0 Å². The fraction of sp³-hybridized carbons (Fsp3) is 0.857. The number of hydrogen-bond acceptors (Lipinski definition) is 4. The Labute approximate surface area is 120 Å². The van der Waals surface area contributed by atoms with E-state index < -0.39 is 0 Å². The third kappa shape index (κ3) is 3.93. The zero-order valence-electron chi connectivity index (χ0n) is 12.2. The largest absolute Gasteiger partial charge is 0.378 e. The predicted octanol–water partition coefficient (Wildman–Crippen LogP) is -0.118. The minimum atomic E-state index is -0.381. The second-order valence-corrected chi connectivity index (χ2v) is 5.45. The van der Waals surface area contributed by atoms with Crippen molar-refractivity contribution >= 4 is 11.8 Å². The summed E-state index contributed by atoms with van der Waals surface area (Å²) in [4.78, 5) is 25.9. The van der Waals surface area contributed by atoms with E-state index in [1.165, 1.54) is 6.42 Å². The molecule has 2 saturated heterocycles. The maximum Gasteiger partial charge on any atom is 0.243 e. The lowest BCUT2D eigenvalue weighted by atomic mass is 10.0. The summed E-state index contributed by atoms with van der Waals surface area (Å²) in [6, 6.07) is -0.381. The average molecular weight is 283 g/mol. The van der Waals surface area contributed by atoms with Crippen molar-refractivity contribution in [1.29, 1.82) is 0 Å². The van der Waals surface area contributed by atoms with Crippen LogP contribution in [0.1, 0.15) is 32.1 Å². The van der Waals surface area contributed by atoms with Gasteiger partial charge in [0, 0.05) is 39.7 Å². The number of rotatable bonds is 4. The molecule has 0 aromatic carbocycles. The van der Waals surface area contributed by atoms with Crippen LogP contribution in [0.4, 0.5) is 0 Å². The van der Waals surface area contributed by atoms with Gasteiger partial charge in [-0.05, 0) is 25.7 Å². The number of nitrogens with zero attached hydrogens (tertiary/aromatic N) is 1. The van der Waals surface area contributed by atoms with Crippen LogP contribution in [0.25, 0.3) is 0 Å². The van der Waals surface area contributed by atoms with Crippen LogP contribution >= 0.6 is 0 Å². The molecule has 0 bridgehead atoms. The van der Waals surface area contributed by atoms with Crippen molar-refractivity contribution in [1.82, 2.24) is 15.5 Å². The number of piperazine rings is 1. The first-order valence-corrected chi connectivity index (χ1v) is 7.55. The van der Waals surface area contributed by atoms with Crippen molar-refractivity contribution < 1.29 is 14.3 Å². The zero-order valence-corrected chi connectivity index (χ0v) is 12.2. The van der Waals surface area contributed by atoms with Gasteiger partial charge in [-0.25, -0.2) is 0 Å². The van der Waals surface area contributed by atoms with Crippen molar-refractivity contribution in [2.45, 2.75) is 44.2 Å². The fourth-order valence-electron chi connectivity index (χ4n) is 2.87. The number of carbonyl (C=O) groups excluding carboxylic acids is 2. The van der Waals surface area contributed by atoms with Gasteiger partial charge in [0.2, 0.25) is 11.8 Å². The average Bonchev–Trinajstić information content (AvgIpc) is 2.52. The molecule has 0 aromatic rings. The molecule has 0 saturated carbocycles. The summed E-state index contributed by atoms with van der Waals surface area (Å²) < 4.78 is 5.65. The van der Waals surface area contributed by atoms with E-state index in [1.807, 2.05) is 0 Å². The standard InChI is InChI=1S/C14H25N3O3/c1-15-14(19)12-10-16-7-8-17(12)13(18)6-5-11-4-2-3-9-20-11/h11-12,16H,2-10H2,1H3,(H,15,19). The third-order valence-electron chi connectivity index (χ3n) is 4.07. The summed E-state index contributed by atoms with van der Waals surface area (Å²) in [6.45, 7) is 2.69. The van der Waals surface area contributed by atoms with Crippen LogP contribution in [0.5, 0.6) is 0 Å². The van der Waals surface area contributed by atoms with E-state index in [-0.39, 0.29) is 24.0 Å². The summed E-state index contributed by atoms with van der Waals surface area (Å²) in [7, 11) is 1.61. The molecule has 2 amide bonds. The Morgan fingerprint density at radius 1 is 1.40 bits per heavy atom. The number of carbonyl (C=O) groups is 2. The molecule has 20 heavy (non-hydrogen) atoms. The first kappa shape index (κ1) is 15.3. The molecule has 2 unspecified atom stereocenters. The van der Waals surface area contributed by atoms with Crippen LogP contribution in [0, 0.1) is 0 Å². The van der Waals surface area contributed by atoms with Gasteiger partial charge in [-0.15, -0.1) is 0 Å². The van der Waals surface area contributed by atoms with Crippen LogP contribution in [0.2, 0.25) is 0 Å². The molecule has 2 N–H and O–H groups in total. The highest BCUT2D eigenvalue weighted by atomic mass is 16.5. The summed E-state index contributed by atoms with van der Waals surface area (Å²) >= 11 is 0. The minimum Gasteiger partial charge on any atom is -0.378 e. The Balaban J connectivity index is 1.83. The predicted molar refractivity (Wildman–Crippen MR) is 75.3 cm³/mol. The maximum absolute atomic E-state index is 12.3. The molecule has 2 atom stereocenters. The maximum atomic E-state index is 12.3. The van der Waals surface area contributed by atoms with Crippen molar-refractivity contribution in [2.24, 2.45) is 0 Å². The lowest BCUT2D eigenvalue weighted by Crippen LogP contribution is -2.59. The molecule has 2 heterocycles. The van der Waals surface area contributed by atoms with Crippen molar-refractivity contribution in [2.75, 3.05) is 33.3 Å². The van der Waals surface area contributed by atoms with Gasteiger partial charge in [-0.2, -0.15) is 0 Å². The lowest BCUT2D eigenvalue weighted by molar-refractivity contribution is -0.142. The van der Waals surface area contributed by atoms with Crippen LogP contribution in [0.3, 0.4) is 0 Å². The molecule has 0 radical (unpaired) electrons. The number of likely N-dealkylation sites (N-methyl/N-ethyl adjacent to an activating group) is 1. The quantitative estimate of drug-likeness (QED) is 0.755. The molecule has 2 fully saturated rings. The molecule has 6 heteroatoms. The molecule has 0 spiro atoms. The molecule has 2 rings (SSSR count). The number of hydrogen-bond donors (Lipinski definition) is 2. The Morgan fingerprint density at radius 2 is 2.25 bits per heavy atom. The highest BCUT2D eigenvalue weighted by Gasteiger charge is 2.31. The first-order chi connectivity index (χ1) is 9.72. The van der Waals surface area contributed by atoms with E-state index in [4.69, 9.17) is 4.74 Å². The highest BCUT2D eigenvalue weighted by Crippen LogP contribution is 2.18. The summed E-state index contributed by atoms with van der Waals surface area (Å²) in [6.07, 6.45) is 4.82. The van der Waals surface area contributed by atoms with Gasteiger partial charge < -0.3 is 20.3 Å². The molecule has 0 aromatic heterocycles. The summed E-state index contributed by atoms with van der Waals surface area (Å²) in [5.74, 6) is -0.0336. The topological polar surface area (TPSA) is 70.7 Å². The number of ether oxygens (including phenoxy) is 1. The van der Waals surface area contributed by atoms with Crippen LogP contribution in [-0.4, -0.2) is 62.1 Å². The van der Waals surface area contributed by atoms with E-state index in [2.05, 4.69) is 10.6 Å². The normalized spacial score (nSPS) is 27.1. The lowest BCUT2D eigenvalue weighted by Gasteiger charge is -2.35. The SMILES string of the molecule is CNC(=O)C1CNCCN1C(=O)CCC1CCCCO1. The van der Waals surface area contributed by atoms with Crippen molar-refractivity contribution in [3.8, 4) is 0 Å². The van der Waals surface area contributed by atoms with E-state index in [1.54, 1.807) is 11.9 Å². The Kier molecular flexibility index (Phi) is 5.79. The van der Waals surface area contributed by atoms with E-state index in [0.29, 0.717) is 19.5 Å². The van der Waals surface area contributed by atoms with Gasteiger partial charge in [0.25, 0.3) is 0 Å². The van der Waals surface area contributed by atoms with Crippen molar-refractivity contribution in [3.63, 3.8) is 0 Å². The van der Waals surface area contributed by atoms with Gasteiger partial charge >= 0.3 is 0 Å². The molecule has 6 nitrogen and oxygen atoms in total. The van der Waals surface area contributed by atoms with Crippen LogP contribution in [-0.2, 0) is 14.3 Å². The van der Waals surface area contributed by atoms with E-state index in [9.17, 15) is 9.59 Å². The van der Waals surface area contributed by atoms with E-state index >= 15 is 0 Å².